The Hall–Kier alpha value is -1.47. The molecule has 0 aliphatic carbocycles. The van der Waals surface area contributed by atoms with Gasteiger partial charge in [0.1, 0.15) is 9.88 Å². The number of nitrogens with one attached hydrogen (secondary N) is 3. The minimum Gasteiger partial charge on any atom is -0.462 e. The van der Waals surface area contributed by atoms with Crippen LogP contribution in [0, 0.1) is 6.92 Å². The Labute approximate surface area is 180 Å². The van der Waals surface area contributed by atoms with Crippen LogP contribution in [0.3, 0.4) is 0 Å². The van der Waals surface area contributed by atoms with E-state index < -0.39 is 0 Å². The number of hydrogen-bond acceptors (Lipinski definition) is 7. The molecule has 0 aliphatic heterocycles. The summed E-state index contributed by atoms with van der Waals surface area (Å²) < 4.78 is 9.91. The van der Waals surface area contributed by atoms with Crippen LogP contribution >= 0.6 is 35.3 Å². The number of aliphatic imine (C=N–C) groups is 1. The number of guanidine groups is 1. The number of methoxy groups -OCH3 is 1. The van der Waals surface area contributed by atoms with E-state index in [1.54, 1.807) is 28.0 Å². The Kier molecular flexibility index (Phi) is 12.9. The summed E-state index contributed by atoms with van der Waals surface area (Å²) in [7, 11) is 3.19. The van der Waals surface area contributed by atoms with E-state index in [2.05, 4.69) is 25.9 Å². The van der Waals surface area contributed by atoms with Gasteiger partial charge in [0.25, 0.3) is 0 Å². The molecule has 11 heteroatoms. The van der Waals surface area contributed by atoms with E-state index in [1.165, 1.54) is 11.3 Å². The minimum absolute atomic E-state index is 0. The highest BCUT2D eigenvalue weighted by atomic mass is 127. The topological polar surface area (TPSA) is 114 Å². The lowest BCUT2D eigenvalue weighted by molar-refractivity contribution is -0.120. The lowest BCUT2D eigenvalue weighted by atomic mass is 10.3. The predicted molar refractivity (Wildman–Crippen MR) is 116 cm³/mol. The van der Waals surface area contributed by atoms with Gasteiger partial charge in [-0.25, -0.2) is 9.78 Å². The quantitative estimate of drug-likeness (QED) is 0.150. The van der Waals surface area contributed by atoms with Gasteiger partial charge in [-0.3, -0.25) is 9.79 Å². The zero-order chi connectivity index (χ0) is 19.5. The SMILES string of the molecule is CCOC(=O)c1sc(C(C)NC(=NC)NCC(=O)NCCOC)nc1C.I. The molecule has 0 aromatic carbocycles. The second-order valence-corrected chi connectivity index (χ2v) is 6.35. The van der Waals surface area contributed by atoms with Crippen LogP contribution in [0.15, 0.2) is 4.99 Å². The number of nitrogens with zero attached hydrogens (tertiary/aromatic N) is 2. The van der Waals surface area contributed by atoms with Gasteiger partial charge in [-0.1, -0.05) is 0 Å². The van der Waals surface area contributed by atoms with Gasteiger partial charge in [0.2, 0.25) is 5.91 Å². The van der Waals surface area contributed by atoms with Gasteiger partial charge in [-0.05, 0) is 20.8 Å². The number of rotatable bonds is 9. The van der Waals surface area contributed by atoms with E-state index in [1.807, 2.05) is 6.92 Å². The van der Waals surface area contributed by atoms with Crippen LogP contribution in [0.4, 0.5) is 0 Å². The summed E-state index contributed by atoms with van der Waals surface area (Å²) in [6, 6.07) is -0.190. The van der Waals surface area contributed by atoms with Crippen molar-refractivity contribution >= 4 is 53.1 Å². The van der Waals surface area contributed by atoms with E-state index in [0.29, 0.717) is 36.3 Å². The van der Waals surface area contributed by atoms with Crippen molar-refractivity contribution in [1.82, 2.24) is 20.9 Å². The average molecular weight is 513 g/mol. The summed E-state index contributed by atoms with van der Waals surface area (Å²) in [6.45, 7) is 6.76. The van der Waals surface area contributed by atoms with E-state index >= 15 is 0 Å². The highest BCUT2D eigenvalue weighted by Gasteiger charge is 2.20. The fourth-order valence-electron chi connectivity index (χ4n) is 1.97. The Balaban J connectivity index is 0.00000676. The van der Waals surface area contributed by atoms with E-state index in [0.717, 1.165) is 5.01 Å². The fraction of sp³-hybridized carbons (Fsp3) is 0.625. The number of amides is 1. The van der Waals surface area contributed by atoms with E-state index in [9.17, 15) is 9.59 Å². The molecule has 3 N–H and O–H groups in total. The Bertz CT molecular complexity index is 638. The molecule has 27 heavy (non-hydrogen) atoms. The van der Waals surface area contributed by atoms with Crippen LogP contribution in [0.5, 0.6) is 0 Å². The first-order valence-electron chi connectivity index (χ1n) is 8.30. The van der Waals surface area contributed by atoms with Gasteiger partial charge in [-0.2, -0.15) is 0 Å². The monoisotopic (exact) mass is 513 g/mol. The van der Waals surface area contributed by atoms with Crippen LogP contribution in [0.1, 0.15) is 40.3 Å². The zero-order valence-electron chi connectivity index (χ0n) is 16.2. The Morgan fingerprint density at radius 2 is 2.04 bits per heavy atom. The number of carbonyl (C=O) groups is 2. The van der Waals surface area contributed by atoms with Crippen LogP contribution in [-0.4, -0.2) is 63.3 Å². The molecule has 0 fully saturated rings. The minimum atomic E-state index is -0.365. The van der Waals surface area contributed by atoms with Crippen molar-refractivity contribution in [3.63, 3.8) is 0 Å². The summed E-state index contributed by atoms with van der Waals surface area (Å²) in [5.74, 6) is -0.0616. The van der Waals surface area contributed by atoms with Crippen LogP contribution in [0.2, 0.25) is 0 Å². The summed E-state index contributed by atoms with van der Waals surface area (Å²) in [4.78, 5) is 32.6. The molecular weight excluding hydrogens is 485 g/mol. The number of aryl methyl sites for hydroxylation is 1. The van der Waals surface area contributed by atoms with Gasteiger partial charge < -0.3 is 25.4 Å². The molecule has 0 saturated heterocycles. The Morgan fingerprint density at radius 1 is 1.33 bits per heavy atom. The van der Waals surface area contributed by atoms with Crippen LogP contribution in [-0.2, 0) is 14.3 Å². The van der Waals surface area contributed by atoms with Crippen LogP contribution in [0.25, 0.3) is 0 Å². The number of esters is 1. The van der Waals surface area contributed by atoms with Crippen molar-refractivity contribution in [3.8, 4) is 0 Å². The number of hydrogen-bond donors (Lipinski definition) is 3. The molecule has 1 atom stereocenters. The first kappa shape index (κ1) is 25.5. The largest absolute Gasteiger partial charge is 0.462 e. The molecule has 1 unspecified atom stereocenters. The molecule has 0 radical (unpaired) electrons. The lowest BCUT2D eigenvalue weighted by Crippen LogP contribution is -2.44. The predicted octanol–water partition coefficient (Wildman–Crippen LogP) is 1.23. The number of thiazole rings is 1. The molecule has 0 spiro atoms. The van der Waals surface area contributed by atoms with Crippen molar-refractivity contribution in [2.24, 2.45) is 4.99 Å². The van der Waals surface area contributed by atoms with E-state index in [4.69, 9.17) is 9.47 Å². The van der Waals surface area contributed by atoms with Gasteiger partial charge in [0.05, 0.1) is 31.5 Å². The summed E-state index contributed by atoms with van der Waals surface area (Å²) >= 11 is 1.28. The lowest BCUT2D eigenvalue weighted by Gasteiger charge is -2.16. The molecule has 1 heterocycles. The summed E-state index contributed by atoms with van der Waals surface area (Å²) in [6.07, 6.45) is 0. The highest BCUT2D eigenvalue weighted by Crippen LogP contribution is 2.24. The third-order valence-corrected chi connectivity index (χ3v) is 4.59. The molecule has 1 rings (SSSR count). The molecule has 1 amide bonds. The maximum absolute atomic E-state index is 11.9. The second-order valence-electron chi connectivity index (χ2n) is 5.32. The fourth-order valence-corrected chi connectivity index (χ4v) is 2.93. The average Bonchev–Trinajstić information content (AvgIpc) is 3.01. The summed E-state index contributed by atoms with van der Waals surface area (Å²) in [5.41, 5.74) is 0.637. The van der Waals surface area contributed by atoms with E-state index in [-0.39, 0.29) is 48.4 Å². The molecule has 0 bridgehead atoms. The maximum atomic E-state index is 11.9. The van der Waals surface area contributed by atoms with Crippen molar-refractivity contribution in [2.75, 3.05) is 40.5 Å². The van der Waals surface area contributed by atoms with Crippen LogP contribution < -0.4 is 16.0 Å². The molecule has 0 aliphatic rings. The molecule has 9 nitrogen and oxygen atoms in total. The first-order chi connectivity index (χ1) is 12.4. The zero-order valence-corrected chi connectivity index (χ0v) is 19.4. The number of ether oxygens (including phenoxy) is 2. The standard InChI is InChI=1S/C16H27N5O4S.HI/c1-6-25-15(23)13-10(2)20-14(26-13)11(3)21-16(17-4)19-9-12(22)18-7-8-24-5;/h11H,6-9H2,1-5H3,(H,18,22)(H2,17,19,21);1H. The van der Waals surface area contributed by atoms with Gasteiger partial charge in [-0.15, -0.1) is 35.3 Å². The molecular formula is C16H28IN5O4S. The number of carbonyl (C=O) groups excluding carboxylic acids is 2. The first-order valence-corrected chi connectivity index (χ1v) is 9.11. The number of halogens is 1. The molecule has 0 saturated carbocycles. The highest BCUT2D eigenvalue weighted by molar-refractivity contribution is 14.0. The van der Waals surface area contributed by atoms with Crippen molar-refractivity contribution in [1.29, 1.82) is 0 Å². The van der Waals surface area contributed by atoms with Crippen molar-refractivity contribution in [2.45, 2.75) is 26.8 Å². The van der Waals surface area contributed by atoms with Gasteiger partial charge in [0.15, 0.2) is 5.96 Å². The smallest absolute Gasteiger partial charge is 0.350 e. The normalized spacial score (nSPS) is 12.0. The Morgan fingerprint density at radius 3 is 2.63 bits per heavy atom. The maximum Gasteiger partial charge on any atom is 0.350 e. The molecule has 1 aromatic rings. The molecule has 1 aromatic heterocycles. The summed E-state index contributed by atoms with van der Waals surface area (Å²) in [5, 5.41) is 9.53. The van der Waals surface area contributed by atoms with Gasteiger partial charge in [0, 0.05) is 20.7 Å². The third kappa shape index (κ3) is 8.84. The molecule has 154 valence electrons. The van der Waals surface area contributed by atoms with Gasteiger partial charge >= 0.3 is 5.97 Å². The second kappa shape index (κ2) is 13.7. The van der Waals surface area contributed by atoms with Crippen molar-refractivity contribution < 1.29 is 19.1 Å². The third-order valence-electron chi connectivity index (χ3n) is 3.27. The van der Waals surface area contributed by atoms with Crippen molar-refractivity contribution in [3.05, 3.63) is 15.6 Å². The number of aromatic nitrogens is 1.